The van der Waals surface area contributed by atoms with Crippen LogP contribution in [0.5, 0.6) is 0 Å². The summed E-state index contributed by atoms with van der Waals surface area (Å²) >= 11 is 0. The lowest BCUT2D eigenvalue weighted by Gasteiger charge is -2.18. The fourth-order valence-electron chi connectivity index (χ4n) is 1.88. The smallest absolute Gasteiger partial charge is 0.378 e. The standard InChI is InChI=1S/C12H14F4N2/c13-9-5-8(12(14,15)16)3-4-10(9)18-11(6-17)7-1-2-7/h3-5,7,11,18H,1-2,6,17H2. The van der Waals surface area contributed by atoms with E-state index in [2.05, 4.69) is 5.32 Å². The van der Waals surface area contributed by atoms with Crippen LogP contribution in [0, 0.1) is 11.7 Å². The topological polar surface area (TPSA) is 38.0 Å². The molecule has 1 aliphatic carbocycles. The van der Waals surface area contributed by atoms with Crippen LogP contribution < -0.4 is 11.1 Å². The van der Waals surface area contributed by atoms with Crippen molar-refractivity contribution in [3.63, 3.8) is 0 Å². The number of hydrogen-bond acceptors (Lipinski definition) is 2. The van der Waals surface area contributed by atoms with E-state index in [4.69, 9.17) is 5.73 Å². The number of nitrogens with two attached hydrogens (primary N) is 1. The Kier molecular flexibility index (Phi) is 3.47. The Morgan fingerprint density at radius 2 is 2.00 bits per heavy atom. The summed E-state index contributed by atoms with van der Waals surface area (Å²) in [6.07, 6.45) is -2.47. The molecule has 0 spiro atoms. The maximum atomic E-state index is 13.6. The van der Waals surface area contributed by atoms with Crippen LogP contribution in [0.25, 0.3) is 0 Å². The van der Waals surface area contributed by atoms with Crippen LogP contribution in [-0.4, -0.2) is 12.6 Å². The number of anilines is 1. The van der Waals surface area contributed by atoms with Crippen molar-refractivity contribution in [1.82, 2.24) is 0 Å². The van der Waals surface area contributed by atoms with Gasteiger partial charge >= 0.3 is 6.18 Å². The van der Waals surface area contributed by atoms with E-state index in [0.717, 1.165) is 25.0 Å². The Bertz CT molecular complexity index is 427. The molecule has 3 N–H and O–H groups in total. The summed E-state index contributed by atoms with van der Waals surface area (Å²) < 4.78 is 50.6. The molecule has 0 aromatic heterocycles. The van der Waals surface area contributed by atoms with Gasteiger partial charge in [-0.1, -0.05) is 0 Å². The highest BCUT2D eigenvalue weighted by atomic mass is 19.4. The van der Waals surface area contributed by atoms with Crippen molar-refractivity contribution < 1.29 is 17.6 Å². The van der Waals surface area contributed by atoms with Crippen LogP contribution in [0.3, 0.4) is 0 Å². The van der Waals surface area contributed by atoms with E-state index in [1.165, 1.54) is 0 Å². The van der Waals surface area contributed by atoms with Gasteiger partial charge in [0, 0.05) is 12.6 Å². The molecule has 1 saturated carbocycles. The molecule has 1 aromatic rings. The molecule has 6 heteroatoms. The molecule has 1 atom stereocenters. The molecule has 0 heterocycles. The van der Waals surface area contributed by atoms with Gasteiger partial charge in [-0.05, 0) is 37.0 Å². The van der Waals surface area contributed by atoms with E-state index in [0.29, 0.717) is 18.5 Å². The number of rotatable bonds is 4. The van der Waals surface area contributed by atoms with E-state index in [1.807, 2.05) is 0 Å². The van der Waals surface area contributed by atoms with Crippen LogP contribution in [0.4, 0.5) is 23.2 Å². The molecule has 0 aliphatic heterocycles. The molecule has 18 heavy (non-hydrogen) atoms. The number of benzene rings is 1. The highest BCUT2D eigenvalue weighted by molar-refractivity contribution is 5.48. The van der Waals surface area contributed by atoms with Gasteiger partial charge in [0.05, 0.1) is 11.3 Å². The van der Waals surface area contributed by atoms with Gasteiger partial charge in [-0.15, -0.1) is 0 Å². The first kappa shape index (κ1) is 13.1. The number of hydrogen-bond donors (Lipinski definition) is 2. The molecule has 1 unspecified atom stereocenters. The van der Waals surface area contributed by atoms with E-state index in [1.54, 1.807) is 0 Å². The Morgan fingerprint density at radius 1 is 1.33 bits per heavy atom. The van der Waals surface area contributed by atoms with Crippen molar-refractivity contribution >= 4 is 5.69 Å². The minimum Gasteiger partial charge on any atom is -0.378 e. The van der Waals surface area contributed by atoms with Gasteiger partial charge in [-0.2, -0.15) is 13.2 Å². The summed E-state index contributed by atoms with van der Waals surface area (Å²) in [5.74, 6) is -0.499. The average Bonchev–Trinajstić information content (AvgIpc) is 3.10. The molecular formula is C12H14F4N2. The second kappa shape index (κ2) is 4.76. The third-order valence-electron chi connectivity index (χ3n) is 3.08. The molecule has 2 nitrogen and oxygen atoms in total. The normalized spacial score (nSPS) is 17.6. The third kappa shape index (κ3) is 2.93. The second-order valence-electron chi connectivity index (χ2n) is 4.52. The first-order valence-electron chi connectivity index (χ1n) is 5.75. The molecule has 100 valence electrons. The summed E-state index contributed by atoms with van der Waals surface area (Å²) in [5.41, 5.74) is 4.64. The highest BCUT2D eigenvalue weighted by Crippen LogP contribution is 2.35. The molecule has 0 saturated heterocycles. The van der Waals surface area contributed by atoms with Crippen LogP contribution >= 0.6 is 0 Å². The first-order chi connectivity index (χ1) is 8.41. The van der Waals surface area contributed by atoms with Gasteiger partial charge in [0.25, 0.3) is 0 Å². The fraction of sp³-hybridized carbons (Fsp3) is 0.500. The minimum atomic E-state index is -4.52. The van der Waals surface area contributed by atoms with Crippen molar-refractivity contribution in [2.45, 2.75) is 25.1 Å². The van der Waals surface area contributed by atoms with Crippen LogP contribution in [0.2, 0.25) is 0 Å². The first-order valence-corrected chi connectivity index (χ1v) is 5.75. The minimum absolute atomic E-state index is 0.0729. The Hall–Kier alpha value is -1.30. The third-order valence-corrected chi connectivity index (χ3v) is 3.08. The van der Waals surface area contributed by atoms with E-state index in [9.17, 15) is 17.6 Å². The summed E-state index contributed by atoms with van der Waals surface area (Å²) in [6.45, 7) is 0.338. The maximum Gasteiger partial charge on any atom is 0.416 e. The predicted molar refractivity (Wildman–Crippen MR) is 60.6 cm³/mol. The van der Waals surface area contributed by atoms with Crippen LogP contribution in [0.15, 0.2) is 18.2 Å². The van der Waals surface area contributed by atoms with Crippen LogP contribution in [-0.2, 0) is 6.18 Å². The zero-order chi connectivity index (χ0) is 13.3. The Labute approximate surface area is 102 Å². The van der Waals surface area contributed by atoms with Crippen molar-refractivity contribution in [2.75, 3.05) is 11.9 Å². The van der Waals surface area contributed by atoms with Crippen molar-refractivity contribution in [3.8, 4) is 0 Å². The summed E-state index contributed by atoms with van der Waals surface area (Å²) in [4.78, 5) is 0. The zero-order valence-corrected chi connectivity index (χ0v) is 9.60. The lowest BCUT2D eigenvalue weighted by Crippen LogP contribution is -2.31. The van der Waals surface area contributed by atoms with Gasteiger partial charge in [-0.25, -0.2) is 4.39 Å². The fourth-order valence-corrected chi connectivity index (χ4v) is 1.88. The second-order valence-corrected chi connectivity index (χ2v) is 4.52. The molecule has 0 bridgehead atoms. The highest BCUT2D eigenvalue weighted by Gasteiger charge is 2.33. The monoisotopic (exact) mass is 262 g/mol. The molecule has 1 fully saturated rings. The number of nitrogens with one attached hydrogen (secondary N) is 1. The zero-order valence-electron chi connectivity index (χ0n) is 9.60. The van der Waals surface area contributed by atoms with Crippen LogP contribution in [0.1, 0.15) is 18.4 Å². The van der Waals surface area contributed by atoms with Crippen molar-refractivity contribution in [2.24, 2.45) is 11.7 Å². The maximum absolute atomic E-state index is 13.6. The average molecular weight is 262 g/mol. The largest absolute Gasteiger partial charge is 0.416 e. The number of alkyl halides is 3. The van der Waals surface area contributed by atoms with Gasteiger partial charge in [-0.3, -0.25) is 0 Å². The van der Waals surface area contributed by atoms with Gasteiger partial charge in [0.15, 0.2) is 0 Å². The molecule has 1 aliphatic rings. The SMILES string of the molecule is NCC(Nc1ccc(C(F)(F)F)cc1F)C1CC1. The summed E-state index contributed by atoms with van der Waals surface area (Å²) in [6, 6.07) is 2.41. The summed E-state index contributed by atoms with van der Waals surface area (Å²) in [5, 5.41) is 2.87. The molecule has 1 aromatic carbocycles. The molecule has 2 rings (SSSR count). The molecule has 0 radical (unpaired) electrons. The Balaban J connectivity index is 2.14. The van der Waals surface area contributed by atoms with Gasteiger partial charge in [0.2, 0.25) is 0 Å². The van der Waals surface area contributed by atoms with Crippen molar-refractivity contribution in [1.29, 1.82) is 0 Å². The van der Waals surface area contributed by atoms with Gasteiger partial charge < -0.3 is 11.1 Å². The predicted octanol–water partition coefficient (Wildman–Crippen LogP) is 2.99. The lowest BCUT2D eigenvalue weighted by atomic mass is 10.1. The molecule has 0 amide bonds. The quantitative estimate of drug-likeness (QED) is 0.819. The van der Waals surface area contributed by atoms with Crippen molar-refractivity contribution in [3.05, 3.63) is 29.6 Å². The van der Waals surface area contributed by atoms with E-state index < -0.39 is 17.6 Å². The molecular weight excluding hydrogens is 248 g/mol. The van der Waals surface area contributed by atoms with E-state index >= 15 is 0 Å². The Morgan fingerprint density at radius 3 is 2.44 bits per heavy atom. The number of halogens is 4. The van der Waals surface area contributed by atoms with Gasteiger partial charge in [0.1, 0.15) is 5.82 Å². The summed E-state index contributed by atoms with van der Waals surface area (Å²) in [7, 11) is 0. The lowest BCUT2D eigenvalue weighted by molar-refractivity contribution is -0.137. The van der Waals surface area contributed by atoms with E-state index in [-0.39, 0.29) is 11.7 Å².